The third-order valence-corrected chi connectivity index (χ3v) is 4.78. The monoisotopic (exact) mass is 386 g/mol. The number of rotatable bonds is 6. The van der Waals surface area contributed by atoms with Gasteiger partial charge in [0.25, 0.3) is 0 Å². The lowest BCUT2D eigenvalue weighted by atomic mass is 10.2. The van der Waals surface area contributed by atoms with Crippen molar-refractivity contribution in [3.8, 4) is 0 Å². The second-order valence-corrected chi connectivity index (χ2v) is 7.31. The first-order chi connectivity index (χ1) is 10.9. The van der Waals surface area contributed by atoms with Crippen molar-refractivity contribution in [3.63, 3.8) is 0 Å². The van der Waals surface area contributed by atoms with Gasteiger partial charge in [0.2, 0.25) is 15.9 Å². The number of anilines is 1. The minimum Gasteiger partial charge on any atom is -0.342 e. The van der Waals surface area contributed by atoms with Crippen LogP contribution in [0.4, 0.5) is 18.9 Å². The van der Waals surface area contributed by atoms with E-state index in [9.17, 15) is 26.4 Å². The summed E-state index contributed by atoms with van der Waals surface area (Å²) >= 11 is 5.88. The quantitative estimate of drug-likeness (QED) is 0.755. The average Bonchev–Trinajstić information content (AvgIpc) is 2.44. The first-order valence-corrected chi connectivity index (χ1v) is 9.26. The fourth-order valence-electron chi connectivity index (χ4n) is 2.06. The molecular formula is C14H18ClF3N2O3S. The van der Waals surface area contributed by atoms with Crippen LogP contribution in [0.1, 0.15) is 19.4 Å². The Balaban J connectivity index is 3.36. The Bertz CT molecular complexity index is 704. The lowest BCUT2D eigenvalue weighted by Crippen LogP contribution is -2.42. The molecule has 0 aliphatic carbocycles. The minimum atomic E-state index is -4.66. The van der Waals surface area contributed by atoms with Crippen molar-refractivity contribution >= 4 is 33.2 Å². The summed E-state index contributed by atoms with van der Waals surface area (Å²) in [6.45, 7) is 3.50. The SMILES string of the molecule is CCN(CC)C(=O)CN(c1cc(C(F)(F)F)ccc1Cl)S(C)(=O)=O. The molecule has 0 fully saturated rings. The van der Waals surface area contributed by atoms with E-state index in [-0.39, 0.29) is 10.7 Å². The maximum absolute atomic E-state index is 12.9. The van der Waals surface area contributed by atoms with Gasteiger partial charge in [-0.3, -0.25) is 9.10 Å². The third-order valence-electron chi connectivity index (χ3n) is 3.34. The van der Waals surface area contributed by atoms with E-state index in [0.29, 0.717) is 23.5 Å². The highest BCUT2D eigenvalue weighted by atomic mass is 35.5. The highest BCUT2D eigenvalue weighted by molar-refractivity contribution is 7.92. The van der Waals surface area contributed by atoms with Crippen molar-refractivity contribution in [1.29, 1.82) is 0 Å². The number of hydrogen-bond acceptors (Lipinski definition) is 3. The van der Waals surface area contributed by atoms with Crippen molar-refractivity contribution in [2.24, 2.45) is 0 Å². The molecule has 5 nitrogen and oxygen atoms in total. The second-order valence-electron chi connectivity index (χ2n) is 5.00. The van der Waals surface area contributed by atoms with Crippen LogP contribution in [-0.4, -0.2) is 45.1 Å². The van der Waals surface area contributed by atoms with Crippen LogP contribution in [0.5, 0.6) is 0 Å². The van der Waals surface area contributed by atoms with Crippen LogP contribution in [0.2, 0.25) is 5.02 Å². The van der Waals surface area contributed by atoms with Crippen LogP contribution in [0.15, 0.2) is 18.2 Å². The number of carbonyl (C=O) groups is 1. The predicted molar refractivity (Wildman–Crippen MR) is 86.6 cm³/mol. The first-order valence-electron chi connectivity index (χ1n) is 7.04. The van der Waals surface area contributed by atoms with E-state index in [0.717, 1.165) is 18.4 Å². The molecule has 0 aliphatic heterocycles. The Morgan fingerprint density at radius 2 is 1.75 bits per heavy atom. The zero-order chi connectivity index (χ0) is 18.7. The van der Waals surface area contributed by atoms with E-state index in [4.69, 9.17) is 11.6 Å². The zero-order valence-electron chi connectivity index (χ0n) is 13.4. The van der Waals surface area contributed by atoms with Gasteiger partial charge >= 0.3 is 6.18 Å². The number of alkyl halides is 3. The fourth-order valence-corrected chi connectivity index (χ4v) is 3.18. The van der Waals surface area contributed by atoms with E-state index in [2.05, 4.69) is 0 Å². The topological polar surface area (TPSA) is 57.7 Å². The zero-order valence-corrected chi connectivity index (χ0v) is 15.0. The summed E-state index contributed by atoms with van der Waals surface area (Å²) < 4.78 is 63.2. The van der Waals surface area contributed by atoms with Gasteiger partial charge < -0.3 is 4.90 Å². The molecule has 0 saturated heterocycles. The van der Waals surface area contributed by atoms with Crippen molar-refractivity contribution in [2.45, 2.75) is 20.0 Å². The molecule has 0 saturated carbocycles. The van der Waals surface area contributed by atoms with E-state index >= 15 is 0 Å². The number of nitrogens with zero attached hydrogens (tertiary/aromatic N) is 2. The number of sulfonamides is 1. The largest absolute Gasteiger partial charge is 0.416 e. The summed E-state index contributed by atoms with van der Waals surface area (Å²) in [5, 5.41) is -0.194. The highest BCUT2D eigenvalue weighted by Gasteiger charge is 2.33. The van der Waals surface area contributed by atoms with E-state index < -0.39 is 34.2 Å². The van der Waals surface area contributed by atoms with E-state index in [1.54, 1.807) is 13.8 Å². The molecule has 0 radical (unpaired) electrons. The van der Waals surface area contributed by atoms with Gasteiger partial charge in [0.05, 0.1) is 22.5 Å². The Kier molecular flexibility index (Phi) is 6.52. The van der Waals surface area contributed by atoms with Gasteiger partial charge in [-0.05, 0) is 32.0 Å². The Morgan fingerprint density at radius 1 is 1.21 bits per heavy atom. The molecule has 0 heterocycles. The highest BCUT2D eigenvalue weighted by Crippen LogP contribution is 2.36. The molecule has 0 N–H and O–H groups in total. The van der Waals surface area contributed by atoms with Crippen molar-refractivity contribution in [3.05, 3.63) is 28.8 Å². The van der Waals surface area contributed by atoms with Gasteiger partial charge in [-0.25, -0.2) is 8.42 Å². The summed E-state index contributed by atoms with van der Waals surface area (Å²) in [5.41, 5.74) is -1.43. The molecule has 1 amide bonds. The smallest absolute Gasteiger partial charge is 0.342 e. The van der Waals surface area contributed by atoms with Crippen LogP contribution >= 0.6 is 11.6 Å². The van der Waals surface area contributed by atoms with Crippen molar-refractivity contribution in [1.82, 2.24) is 4.90 Å². The van der Waals surface area contributed by atoms with Crippen LogP contribution < -0.4 is 4.31 Å². The molecule has 0 bridgehead atoms. The van der Waals surface area contributed by atoms with Gasteiger partial charge in [-0.1, -0.05) is 11.6 Å². The van der Waals surface area contributed by atoms with Crippen LogP contribution in [0.25, 0.3) is 0 Å². The second kappa shape index (κ2) is 7.60. The van der Waals surface area contributed by atoms with Gasteiger partial charge in [0.15, 0.2) is 0 Å². The van der Waals surface area contributed by atoms with Gasteiger partial charge in [-0.15, -0.1) is 0 Å². The fraction of sp³-hybridized carbons (Fsp3) is 0.500. The summed E-state index contributed by atoms with van der Waals surface area (Å²) in [7, 11) is -4.01. The van der Waals surface area contributed by atoms with Crippen LogP contribution in [0, 0.1) is 0 Å². The third kappa shape index (κ3) is 5.01. The number of benzene rings is 1. The van der Waals surface area contributed by atoms with Gasteiger partial charge in [0.1, 0.15) is 6.54 Å². The van der Waals surface area contributed by atoms with Gasteiger partial charge in [-0.2, -0.15) is 13.2 Å². The number of carbonyl (C=O) groups excluding carboxylic acids is 1. The first kappa shape index (κ1) is 20.6. The number of likely N-dealkylation sites (N-methyl/N-ethyl adjacent to an activating group) is 1. The standard InChI is InChI=1S/C14H18ClF3N2O3S/c1-4-19(5-2)13(21)9-20(24(3,22)23)12-8-10(14(16,17)18)6-7-11(12)15/h6-8H,4-5,9H2,1-3H3. The average molecular weight is 387 g/mol. The molecule has 0 atom stereocenters. The molecule has 0 unspecified atom stereocenters. The molecular weight excluding hydrogens is 369 g/mol. The maximum Gasteiger partial charge on any atom is 0.416 e. The van der Waals surface area contributed by atoms with Crippen molar-refractivity contribution < 1.29 is 26.4 Å². The Labute approximate surface area is 144 Å². The molecule has 0 aliphatic rings. The molecule has 10 heteroatoms. The van der Waals surface area contributed by atoms with Crippen molar-refractivity contribution in [2.75, 3.05) is 30.2 Å². The summed E-state index contributed by atoms with van der Waals surface area (Å²) in [4.78, 5) is 13.6. The normalized spacial score (nSPS) is 12.1. The number of amides is 1. The predicted octanol–water partition coefficient (Wildman–Crippen LogP) is 2.99. The summed E-state index contributed by atoms with van der Waals surface area (Å²) in [5.74, 6) is -0.529. The maximum atomic E-state index is 12.9. The number of halogens is 4. The molecule has 1 aromatic rings. The van der Waals surface area contributed by atoms with Crippen LogP contribution in [-0.2, 0) is 21.0 Å². The lowest BCUT2D eigenvalue weighted by molar-refractivity contribution is -0.137. The Hall–Kier alpha value is -1.48. The molecule has 1 aromatic carbocycles. The Morgan fingerprint density at radius 3 is 2.17 bits per heavy atom. The molecule has 0 spiro atoms. The number of hydrogen-bond donors (Lipinski definition) is 0. The summed E-state index contributed by atoms with van der Waals surface area (Å²) in [6, 6.07) is 2.33. The minimum absolute atomic E-state index is 0.194. The molecule has 0 aromatic heterocycles. The van der Waals surface area contributed by atoms with Gasteiger partial charge in [0, 0.05) is 13.1 Å². The molecule has 24 heavy (non-hydrogen) atoms. The lowest BCUT2D eigenvalue weighted by Gasteiger charge is -2.27. The summed E-state index contributed by atoms with van der Waals surface area (Å²) in [6.07, 6.45) is -3.86. The van der Waals surface area contributed by atoms with E-state index in [1.807, 2.05) is 0 Å². The van der Waals surface area contributed by atoms with Crippen LogP contribution in [0.3, 0.4) is 0 Å². The molecule has 1 rings (SSSR count). The van der Waals surface area contributed by atoms with E-state index in [1.165, 1.54) is 4.90 Å². The molecule has 136 valence electrons.